The first kappa shape index (κ1) is 25.3. The number of carbonyl (C=O) groups is 2. The van der Waals surface area contributed by atoms with E-state index in [1.54, 1.807) is 4.90 Å². The monoisotopic (exact) mass is 378 g/mol. The normalized spacial score (nSPS) is 16.1. The summed E-state index contributed by atoms with van der Waals surface area (Å²) >= 11 is 0. The van der Waals surface area contributed by atoms with E-state index in [-0.39, 0.29) is 17.4 Å². The number of likely N-dealkylation sites (tertiary alicyclic amines) is 1. The van der Waals surface area contributed by atoms with Crippen LogP contribution in [0.15, 0.2) is 24.3 Å². The van der Waals surface area contributed by atoms with Crippen LogP contribution in [0, 0.1) is 5.41 Å². The van der Waals surface area contributed by atoms with Crippen molar-refractivity contribution < 1.29 is 14.7 Å². The van der Waals surface area contributed by atoms with Gasteiger partial charge in [-0.15, -0.1) is 0 Å². The molecule has 1 heterocycles. The zero-order valence-electron chi connectivity index (χ0n) is 17.8. The lowest BCUT2D eigenvalue weighted by Gasteiger charge is -2.22. The average Bonchev–Trinajstić information content (AvgIpc) is 3.05. The molecule has 5 heteroatoms. The Bertz CT molecular complexity index is 498. The van der Waals surface area contributed by atoms with Crippen LogP contribution in [0.5, 0.6) is 0 Å². The van der Waals surface area contributed by atoms with Gasteiger partial charge in [0.05, 0.1) is 6.10 Å². The van der Waals surface area contributed by atoms with E-state index in [0.717, 1.165) is 19.5 Å². The first-order chi connectivity index (χ1) is 12.7. The van der Waals surface area contributed by atoms with E-state index in [4.69, 9.17) is 4.79 Å². The predicted octanol–water partition coefficient (Wildman–Crippen LogP) is 3.19. The molecule has 5 nitrogen and oxygen atoms in total. The van der Waals surface area contributed by atoms with Gasteiger partial charge in [0.15, 0.2) is 0 Å². The van der Waals surface area contributed by atoms with Crippen molar-refractivity contribution in [3.8, 4) is 0 Å². The van der Waals surface area contributed by atoms with Gasteiger partial charge in [-0.05, 0) is 36.4 Å². The molecule has 1 aromatic carbocycles. The first-order valence-corrected chi connectivity index (χ1v) is 9.72. The van der Waals surface area contributed by atoms with Gasteiger partial charge < -0.3 is 20.1 Å². The third-order valence-corrected chi connectivity index (χ3v) is 4.14. The molecule has 1 amide bonds. The number of hydrogen-bond donors (Lipinski definition) is 2. The average molecular weight is 379 g/mol. The maximum absolute atomic E-state index is 11.6. The lowest BCUT2D eigenvalue weighted by molar-refractivity contribution is -0.132. The van der Waals surface area contributed by atoms with E-state index >= 15 is 0 Å². The molecular formula is C22H38N2O3. The minimum Gasteiger partial charge on any atom is -0.391 e. The highest BCUT2D eigenvalue weighted by Crippen LogP contribution is 2.21. The molecule has 0 saturated carbocycles. The number of nitrogens with zero attached hydrogens (tertiary/aromatic N) is 1. The highest BCUT2D eigenvalue weighted by molar-refractivity contribution is 5.77. The van der Waals surface area contributed by atoms with Crippen molar-refractivity contribution in [3.63, 3.8) is 0 Å². The van der Waals surface area contributed by atoms with Crippen LogP contribution < -0.4 is 5.32 Å². The van der Waals surface area contributed by atoms with E-state index in [0.29, 0.717) is 13.0 Å². The zero-order valence-corrected chi connectivity index (χ0v) is 17.8. The van der Waals surface area contributed by atoms with Crippen LogP contribution >= 0.6 is 0 Å². The quantitative estimate of drug-likeness (QED) is 0.826. The number of nitrogens with one attached hydrogen (secondary N) is 1. The molecule has 0 aromatic heterocycles. The van der Waals surface area contributed by atoms with Gasteiger partial charge in [-0.3, -0.25) is 4.79 Å². The van der Waals surface area contributed by atoms with Crippen molar-refractivity contribution >= 4 is 12.7 Å². The van der Waals surface area contributed by atoms with Gasteiger partial charge in [0.2, 0.25) is 5.91 Å². The zero-order chi connectivity index (χ0) is 20.9. The second-order valence-corrected chi connectivity index (χ2v) is 8.12. The van der Waals surface area contributed by atoms with Crippen molar-refractivity contribution in [3.05, 3.63) is 35.4 Å². The molecule has 1 fully saturated rings. The van der Waals surface area contributed by atoms with Gasteiger partial charge >= 0.3 is 0 Å². The van der Waals surface area contributed by atoms with E-state index in [2.05, 4.69) is 57.3 Å². The molecule has 1 aromatic rings. The Morgan fingerprint density at radius 1 is 1.22 bits per heavy atom. The van der Waals surface area contributed by atoms with Gasteiger partial charge in [0.25, 0.3) is 0 Å². The third kappa shape index (κ3) is 11.6. The largest absolute Gasteiger partial charge is 0.391 e. The highest BCUT2D eigenvalue weighted by Gasteiger charge is 2.27. The summed E-state index contributed by atoms with van der Waals surface area (Å²) in [6.45, 7) is 12.6. The van der Waals surface area contributed by atoms with E-state index in [1.165, 1.54) is 24.0 Å². The molecular weight excluding hydrogens is 340 g/mol. The Labute approximate surface area is 165 Å². The van der Waals surface area contributed by atoms with Gasteiger partial charge in [-0.25, -0.2) is 0 Å². The van der Waals surface area contributed by atoms with Crippen LogP contribution in [-0.2, 0) is 22.6 Å². The molecule has 0 bridgehead atoms. The molecule has 1 aliphatic rings. The molecule has 2 N–H and O–H groups in total. The number of aliphatic hydroxyl groups is 1. The molecule has 0 aliphatic carbocycles. The Balaban J connectivity index is 0.000000460. The summed E-state index contributed by atoms with van der Waals surface area (Å²) in [5, 5.41) is 12.4. The van der Waals surface area contributed by atoms with Gasteiger partial charge in [-0.1, -0.05) is 58.4 Å². The Morgan fingerprint density at radius 2 is 1.78 bits per heavy atom. The van der Waals surface area contributed by atoms with Crippen molar-refractivity contribution in [2.45, 2.75) is 66.0 Å². The van der Waals surface area contributed by atoms with Crippen molar-refractivity contribution in [2.75, 3.05) is 20.1 Å². The Kier molecular flexibility index (Phi) is 12.6. The molecule has 1 saturated heterocycles. The number of carbonyl (C=O) groups excluding carboxylic acids is 2. The van der Waals surface area contributed by atoms with Crippen LogP contribution in [0.25, 0.3) is 0 Å². The summed E-state index contributed by atoms with van der Waals surface area (Å²) in [4.78, 5) is 21.4. The fraction of sp³-hybridized carbons (Fsp3) is 0.636. The number of amides is 1. The minimum atomic E-state index is -0.302. The summed E-state index contributed by atoms with van der Waals surface area (Å²) in [5.41, 5.74) is 2.85. The number of benzene rings is 1. The number of rotatable bonds is 5. The van der Waals surface area contributed by atoms with Crippen LogP contribution in [0.3, 0.4) is 0 Å². The maximum Gasteiger partial charge on any atom is 0.223 e. The van der Waals surface area contributed by atoms with Gasteiger partial charge in [-0.2, -0.15) is 0 Å². The lowest BCUT2D eigenvalue weighted by atomic mass is 9.92. The smallest absolute Gasteiger partial charge is 0.223 e. The lowest BCUT2D eigenvalue weighted by Crippen LogP contribution is -2.32. The summed E-state index contributed by atoms with van der Waals surface area (Å²) in [6.07, 6.45) is 3.42. The van der Waals surface area contributed by atoms with E-state index in [9.17, 15) is 9.90 Å². The summed E-state index contributed by atoms with van der Waals surface area (Å²) in [5.74, 6) is 0.170. The number of aryl methyl sites for hydroxylation is 1. The SMILES string of the molecule is C=O.CC(C)(C)CC(=O)N1CCC(O)C1.CCCc1ccc(CNC)cc1. The maximum atomic E-state index is 11.6. The van der Waals surface area contributed by atoms with Crippen molar-refractivity contribution in [2.24, 2.45) is 5.41 Å². The predicted molar refractivity (Wildman–Crippen MR) is 112 cm³/mol. The molecule has 0 spiro atoms. The molecule has 27 heavy (non-hydrogen) atoms. The first-order valence-electron chi connectivity index (χ1n) is 9.72. The van der Waals surface area contributed by atoms with Gasteiger partial charge in [0.1, 0.15) is 6.79 Å². The summed E-state index contributed by atoms with van der Waals surface area (Å²) < 4.78 is 0. The number of aliphatic hydroxyl groups excluding tert-OH is 1. The molecule has 1 atom stereocenters. The van der Waals surface area contributed by atoms with Crippen LogP contribution in [0.4, 0.5) is 0 Å². The summed E-state index contributed by atoms with van der Waals surface area (Å²) in [6, 6.07) is 8.83. The molecule has 1 unspecified atom stereocenters. The molecule has 0 radical (unpaired) electrons. The fourth-order valence-electron chi connectivity index (χ4n) is 2.85. The minimum absolute atomic E-state index is 0.0463. The highest BCUT2D eigenvalue weighted by atomic mass is 16.3. The Morgan fingerprint density at radius 3 is 2.19 bits per heavy atom. The Hall–Kier alpha value is -1.72. The standard InChI is InChI=1S/C11H17N.C10H19NO2.CH2O/c1-3-4-10-5-7-11(8-6-10)9-12-2;1-10(2,3)6-9(13)11-5-4-8(12)7-11;1-2/h5-8,12H,3-4,9H2,1-2H3;8,12H,4-7H2,1-3H3;1H2. The molecule has 154 valence electrons. The van der Waals surface area contributed by atoms with E-state index in [1.807, 2.05) is 13.8 Å². The van der Waals surface area contributed by atoms with Gasteiger partial charge in [0, 0.05) is 26.1 Å². The molecule has 2 rings (SSSR count). The number of hydrogen-bond acceptors (Lipinski definition) is 4. The number of β-amino-alcohol motifs (C(OH)–C–C–N with tert-alkyl or cyclic N) is 1. The molecule has 1 aliphatic heterocycles. The fourth-order valence-corrected chi connectivity index (χ4v) is 2.85. The van der Waals surface area contributed by atoms with E-state index < -0.39 is 0 Å². The van der Waals surface area contributed by atoms with Crippen molar-refractivity contribution in [1.82, 2.24) is 10.2 Å². The third-order valence-electron chi connectivity index (χ3n) is 4.14. The summed E-state index contributed by atoms with van der Waals surface area (Å²) in [7, 11) is 1.97. The topological polar surface area (TPSA) is 69.6 Å². The second-order valence-electron chi connectivity index (χ2n) is 8.12. The van der Waals surface area contributed by atoms with Crippen LogP contribution in [-0.4, -0.2) is 48.9 Å². The second kappa shape index (κ2) is 13.4. The van der Waals surface area contributed by atoms with Crippen molar-refractivity contribution in [1.29, 1.82) is 0 Å². The van der Waals surface area contributed by atoms with Crippen LogP contribution in [0.1, 0.15) is 58.1 Å². The van der Waals surface area contributed by atoms with Crippen LogP contribution in [0.2, 0.25) is 0 Å².